The topological polar surface area (TPSA) is 20.7 Å². The summed E-state index contributed by atoms with van der Waals surface area (Å²) in [7, 11) is 0. The van der Waals surface area contributed by atoms with Crippen molar-refractivity contribution in [1.29, 1.82) is 0 Å². The van der Waals surface area contributed by atoms with Crippen LogP contribution in [0.3, 0.4) is 0 Å². The molecule has 0 amide bonds. The number of imidazole rings is 1. The molecule has 0 radical (unpaired) electrons. The van der Waals surface area contributed by atoms with Crippen molar-refractivity contribution < 1.29 is 0 Å². The number of nitrogens with one attached hydrogen (secondary N) is 1. The summed E-state index contributed by atoms with van der Waals surface area (Å²) in [6.45, 7) is 3.06. The van der Waals surface area contributed by atoms with Crippen LogP contribution in [0, 0.1) is 4.77 Å². The van der Waals surface area contributed by atoms with Crippen LogP contribution < -0.4 is 0 Å². The summed E-state index contributed by atoms with van der Waals surface area (Å²) < 4.78 is 2.97. The molecule has 0 bridgehead atoms. The highest BCUT2D eigenvalue weighted by Crippen LogP contribution is 2.21. The lowest BCUT2D eigenvalue weighted by atomic mass is 10.2. The Morgan fingerprint density at radius 2 is 2.11 bits per heavy atom. The minimum absolute atomic E-state index is 0.798. The van der Waals surface area contributed by atoms with Crippen LogP contribution >= 0.6 is 23.6 Å². The standard InChI is InChI=1S/C14H14N2S2/c1-2-10-7-8-18-13(10)9-16-12-6-4-3-5-11(12)15-14(16)17/h3-8H,2,9H2,1H3,(H,15,17). The lowest BCUT2D eigenvalue weighted by Crippen LogP contribution is -1.99. The Bertz CT molecular complexity index is 733. The molecule has 0 spiro atoms. The monoisotopic (exact) mass is 274 g/mol. The molecule has 3 aromatic rings. The van der Waals surface area contributed by atoms with Crippen molar-refractivity contribution in [2.24, 2.45) is 0 Å². The van der Waals surface area contributed by atoms with E-state index in [1.165, 1.54) is 16.0 Å². The number of para-hydroxylation sites is 2. The van der Waals surface area contributed by atoms with Crippen LogP contribution in [0.4, 0.5) is 0 Å². The Labute approximate surface area is 115 Å². The van der Waals surface area contributed by atoms with Crippen molar-refractivity contribution in [2.75, 3.05) is 0 Å². The van der Waals surface area contributed by atoms with Crippen LogP contribution in [-0.2, 0) is 13.0 Å². The zero-order valence-corrected chi connectivity index (χ0v) is 11.8. The van der Waals surface area contributed by atoms with E-state index in [-0.39, 0.29) is 0 Å². The van der Waals surface area contributed by atoms with E-state index in [1.54, 1.807) is 0 Å². The van der Waals surface area contributed by atoms with E-state index in [9.17, 15) is 0 Å². The van der Waals surface area contributed by atoms with Gasteiger partial charge in [0.05, 0.1) is 17.6 Å². The van der Waals surface area contributed by atoms with Crippen molar-refractivity contribution in [2.45, 2.75) is 19.9 Å². The van der Waals surface area contributed by atoms with E-state index >= 15 is 0 Å². The average molecular weight is 274 g/mol. The largest absolute Gasteiger partial charge is 0.331 e. The van der Waals surface area contributed by atoms with Crippen molar-refractivity contribution >= 4 is 34.6 Å². The van der Waals surface area contributed by atoms with E-state index in [2.05, 4.69) is 46.1 Å². The fraction of sp³-hybridized carbons (Fsp3) is 0.214. The number of hydrogen-bond acceptors (Lipinski definition) is 2. The smallest absolute Gasteiger partial charge is 0.178 e. The summed E-state index contributed by atoms with van der Waals surface area (Å²) in [6, 6.07) is 10.5. The summed E-state index contributed by atoms with van der Waals surface area (Å²) in [4.78, 5) is 4.66. The Balaban J connectivity index is 2.10. The Morgan fingerprint density at radius 3 is 2.94 bits per heavy atom. The first-order valence-electron chi connectivity index (χ1n) is 6.02. The number of H-pyrrole nitrogens is 1. The van der Waals surface area contributed by atoms with Crippen molar-refractivity contribution in [3.8, 4) is 0 Å². The molecule has 1 aromatic carbocycles. The van der Waals surface area contributed by atoms with Crippen molar-refractivity contribution in [1.82, 2.24) is 9.55 Å². The Kier molecular flexibility index (Phi) is 3.06. The Morgan fingerprint density at radius 1 is 1.28 bits per heavy atom. The van der Waals surface area contributed by atoms with Crippen LogP contribution in [0.2, 0.25) is 0 Å². The van der Waals surface area contributed by atoms with Gasteiger partial charge in [-0.1, -0.05) is 19.1 Å². The number of rotatable bonds is 3. The van der Waals surface area contributed by atoms with Crippen LogP contribution in [-0.4, -0.2) is 9.55 Å². The molecule has 0 saturated heterocycles. The van der Waals surface area contributed by atoms with E-state index in [1.807, 2.05) is 17.4 Å². The summed E-state index contributed by atoms with van der Waals surface area (Å²) in [5.41, 5.74) is 3.71. The molecular formula is C14H14N2S2. The van der Waals surface area contributed by atoms with Crippen LogP contribution in [0.15, 0.2) is 35.7 Å². The second-order valence-corrected chi connectivity index (χ2v) is 5.64. The lowest BCUT2D eigenvalue weighted by molar-refractivity contribution is 0.814. The average Bonchev–Trinajstić information content (AvgIpc) is 2.95. The summed E-state index contributed by atoms with van der Waals surface area (Å²) in [6.07, 6.45) is 1.08. The number of aromatic nitrogens is 2. The minimum Gasteiger partial charge on any atom is -0.331 e. The molecular weight excluding hydrogens is 260 g/mol. The van der Waals surface area contributed by atoms with E-state index in [0.29, 0.717) is 0 Å². The van der Waals surface area contributed by atoms with Gasteiger partial charge >= 0.3 is 0 Å². The molecule has 92 valence electrons. The van der Waals surface area contributed by atoms with Gasteiger partial charge in [0.1, 0.15) is 0 Å². The van der Waals surface area contributed by atoms with Crippen molar-refractivity contribution in [3.63, 3.8) is 0 Å². The molecule has 2 heterocycles. The third-order valence-electron chi connectivity index (χ3n) is 3.20. The fourth-order valence-electron chi connectivity index (χ4n) is 2.23. The number of aryl methyl sites for hydroxylation is 1. The molecule has 0 unspecified atom stereocenters. The summed E-state index contributed by atoms with van der Waals surface area (Å²) in [5, 5.41) is 2.16. The number of benzene rings is 1. The number of thiophene rings is 1. The van der Waals surface area contributed by atoms with E-state index in [4.69, 9.17) is 12.2 Å². The fourth-order valence-corrected chi connectivity index (χ4v) is 3.46. The molecule has 3 rings (SSSR count). The second-order valence-electron chi connectivity index (χ2n) is 4.26. The molecule has 0 aliphatic heterocycles. The zero-order valence-electron chi connectivity index (χ0n) is 10.1. The predicted octanol–water partition coefficient (Wildman–Crippen LogP) is 4.37. The van der Waals surface area contributed by atoms with Gasteiger partial charge < -0.3 is 9.55 Å². The quantitative estimate of drug-likeness (QED) is 0.703. The maximum absolute atomic E-state index is 5.42. The van der Waals surface area contributed by atoms with Gasteiger partial charge in [-0.15, -0.1) is 11.3 Å². The van der Waals surface area contributed by atoms with Gasteiger partial charge in [0.25, 0.3) is 0 Å². The van der Waals surface area contributed by atoms with Gasteiger partial charge in [-0.05, 0) is 47.8 Å². The Hall–Kier alpha value is -1.39. The molecule has 2 aromatic heterocycles. The lowest BCUT2D eigenvalue weighted by Gasteiger charge is -2.04. The molecule has 0 saturated carbocycles. The van der Waals surface area contributed by atoms with Gasteiger partial charge in [-0.2, -0.15) is 0 Å². The van der Waals surface area contributed by atoms with E-state index in [0.717, 1.165) is 23.3 Å². The molecule has 0 aliphatic carbocycles. The zero-order chi connectivity index (χ0) is 12.5. The summed E-state index contributed by atoms with van der Waals surface area (Å²) >= 11 is 7.23. The minimum atomic E-state index is 0.798. The third kappa shape index (κ3) is 1.91. The number of aromatic amines is 1. The molecule has 0 fully saturated rings. The molecule has 1 N–H and O–H groups in total. The van der Waals surface area contributed by atoms with Crippen LogP contribution in [0.25, 0.3) is 11.0 Å². The first-order valence-corrected chi connectivity index (χ1v) is 7.31. The van der Waals surface area contributed by atoms with Gasteiger partial charge in [-0.25, -0.2) is 0 Å². The highest BCUT2D eigenvalue weighted by atomic mass is 32.1. The van der Waals surface area contributed by atoms with Gasteiger partial charge in [0.15, 0.2) is 4.77 Å². The maximum atomic E-state index is 5.42. The predicted molar refractivity (Wildman–Crippen MR) is 79.9 cm³/mol. The first-order chi connectivity index (χ1) is 8.79. The second kappa shape index (κ2) is 4.71. The third-order valence-corrected chi connectivity index (χ3v) is 4.47. The molecule has 4 heteroatoms. The van der Waals surface area contributed by atoms with Crippen LogP contribution in [0.1, 0.15) is 17.4 Å². The summed E-state index contributed by atoms with van der Waals surface area (Å²) in [5.74, 6) is 0. The number of hydrogen-bond donors (Lipinski definition) is 1. The van der Waals surface area contributed by atoms with Gasteiger partial charge in [0.2, 0.25) is 0 Å². The van der Waals surface area contributed by atoms with Crippen LogP contribution in [0.5, 0.6) is 0 Å². The number of nitrogens with zero attached hydrogens (tertiary/aromatic N) is 1. The highest BCUT2D eigenvalue weighted by molar-refractivity contribution is 7.71. The molecule has 0 atom stereocenters. The first kappa shape index (κ1) is 11.7. The highest BCUT2D eigenvalue weighted by Gasteiger charge is 2.07. The van der Waals surface area contributed by atoms with Gasteiger partial charge in [0, 0.05) is 4.88 Å². The molecule has 18 heavy (non-hydrogen) atoms. The molecule has 0 aliphatic rings. The maximum Gasteiger partial charge on any atom is 0.178 e. The molecule has 2 nitrogen and oxygen atoms in total. The van der Waals surface area contributed by atoms with E-state index < -0.39 is 0 Å². The van der Waals surface area contributed by atoms with Gasteiger partial charge in [-0.3, -0.25) is 0 Å². The normalized spacial score (nSPS) is 11.2. The van der Waals surface area contributed by atoms with Crippen molar-refractivity contribution in [3.05, 3.63) is 50.9 Å². The SMILES string of the molecule is CCc1ccsc1Cn1c(=S)[nH]c2ccccc21. The number of fused-ring (bicyclic) bond motifs is 1.